The number of hydrogen-bond donors (Lipinski definition) is 1. The van der Waals surface area contributed by atoms with Crippen molar-refractivity contribution in [3.05, 3.63) is 59.8 Å². The van der Waals surface area contributed by atoms with Gasteiger partial charge in [0.25, 0.3) is 0 Å². The van der Waals surface area contributed by atoms with E-state index in [1.807, 2.05) is 34.1 Å². The van der Waals surface area contributed by atoms with Crippen molar-refractivity contribution in [3.8, 4) is 11.3 Å². The molecule has 0 bridgehead atoms. The van der Waals surface area contributed by atoms with Crippen LogP contribution in [-0.2, 0) is 13.0 Å². The van der Waals surface area contributed by atoms with Gasteiger partial charge in [-0.2, -0.15) is 0 Å². The highest BCUT2D eigenvalue weighted by atomic mass is 16.3. The zero-order chi connectivity index (χ0) is 20.9. The molecular weight excluding hydrogens is 388 g/mol. The second kappa shape index (κ2) is 7.17. The lowest BCUT2D eigenvalue weighted by molar-refractivity contribution is 0.118. The highest BCUT2D eigenvalue weighted by Gasteiger charge is 2.29. The molecule has 6 heteroatoms. The van der Waals surface area contributed by atoms with Crippen molar-refractivity contribution < 1.29 is 9.21 Å². The molecular formula is C25H26N4O2. The van der Waals surface area contributed by atoms with Gasteiger partial charge in [0.1, 0.15) is 11.3 Å². The van der Waals surface area contributed by atoms with E-state index in [1.54, 1.807) is 0 Å². The third kappa shape index (κ3) is 3.10. The van der Waals surface area contributed by atoms with Crippen LogP contribution in [0.1, 0.15) is 11.3 Å². The van der Waals surface area contributed by atoms with E-state index in [1.165, 1.54) is 16.6 Å². The lowest BCUT2D eigenvalue weighted by atomic mass is 10.0. The first-order valence-electron chi connectivity index (χ1n) is 11.0. The number of benzene rings is 2. The van der Waals surface area contributed by atoms with Gasteiger partial charge in [0.05, 0.1) is 0 Å². The minimum atomic E-state index is 0.164. The number of rotatable bonds is 1. The van der Waals surface area contributed by atoms with Gasteiger partial charge in [-0.25, -0.2) is 4.79 Å². The van der Waals surface area contributed by atoms with Gasteiger partial charge in [-0.1, -0.05) is 30.3 Å². The number of carbonyl (C=O) groups is 1. The first-order chi connectivity index (χ1) is 15.2. The third-order valence-corrected chi connectivity index (χ3v) is 6.74. The first-order valence-corrected chi connectivity index (χ1v) is 11.0. The van der Waals surface area contributed by atoms with E-state index in [-0.39, 0.29) is 6.03 Å². The van der Waals surface area contributed by atoms with Crippen LogP contribution in [-0.4, -0.2) is 65.5 Å². The highest BCUT2D eigenvalue weighted by Crippen LogP contribution is 2.37. The van der Waals surface area contributed by atoms with E-state index in [4.69, 9.17) is 4.42 Å². The van der Waals surface area contributed by atoms with Gasteiger partial charge >= 0.3 is 6.03 Å². The van der Waals surface area contributed by atoms with Crippen molar-refractivity contribution in [2.45, 2.75) is 13.0 Å². The zero-order valence-electron chi connectivity index (χ0n) is 17.7. The third-order valence-electron chi connectivity index (χ3n) is 6.74. The Bertz CT molecular complexity index is 1270. The standard InChI is InChI=1S/C25H26N4O2/c1-27-11-13-28(14-12-27)25(30)29-10-9-20-19(16-29)24-18-15-23(17-5-3-2-4-6-17)31-22(18)8-7-21(24)26-20/h2-8,15,26H,9-14,16H2,1H3. The lowest BCUT2D eigenvalue weighted by Crippen LogP contribution is -2.52. The molecule has 4 aromatic rings. The number of hydrogen-bond acceptors (Lipinski definition) is 3. The van der Waals surface area contributed by atoms with Gasteiger partial charge in [-0.3, -0.25) is 0 Å². The predicted molar refractivity (Wildman–Crippen MR) is 122 cm³/mol. The SMILES string of the molecule is CN1CCN(C(=O)N2CCc3[nH]c4ccc5oc(-c6ccccc6)cc5c4c3C2)CC1. The molecule has 158 valence electrons. The summed E-state index contributed by atoms with van der Waals surface area (Å²) < 4.78 is 6.19. The van der Waals surface area contributed by atoms with Crippen LogP contribution in [0.25, 0.3) is 33.2 Å². The molecule has 2 aliphatic rings. The number of H-pyrrole nitrogens is 1. The summed E-state index contributed by atoms with van der Waals surface area (Å²) in [6.45, 7) is 4.89. The fourth-order valence-corrected chi connectivity index (χ4v) is 4.94. The van der Waals surface area contributed by atoms with Crippen molar-refractivity contribution in [1.82, 2.24) is 19.7 Å². The Labute approximate surface area is 181 Å². The second-order valence-corrected chi connectivity index (χ2v) is 8.70. The monoisotopic (exact) mass is 414 g/mol. The Hall–Kier alpha value is -3.25. The average molecular weight is 415 g/mol. The zero-order valence-corrected chi connectivity index (χ0v) is 17.7. The van der Waals surface area contributed by atoms with E-state index in [2.05, 4.69) is 41.2 Å². The van der Waals surface area contributed by atoms with Crippen LogP contribution < -0.4 is 0 Å². The number of aromatic nitrogens is 1. The summed E-state index contributed by atoms with van der Waals surface area (Å²) in [5.74, 6) is 0.874. The van der Waals surface area contributed by atoms with Gasteiger partial charge in [0, 0.05) is 78.8 Å². The Balaban J connectivity index is 1.38. The minimum absolute atomic E-state index is 0.164. The molecule has 1 fully saturated rings. The molecule has 4 heterocycles. The number of likely N-dealkylation sites (N-methyl/N-ethyl adjacent to an activating group) is 1. The average Bonchev–Trinajstić information content (AvgIpc) is 3.40. The number of amides is 2. The van der Waals surface area contributed by atoms with Crippen LogP contribution in [0.3, 0.4) is 0 Å². The van der Waals surface area contributed by atoms with Gasteiger partial charge in [0.2, 0.25) is 0 Å². The summed E-state index contributed by atoms with van der Waals surface area (Å²) in [4.78, 5) is 23.1. The molecule has 31 heavy (non-hydrogen) atoms. The maximum atomic E-state index is 13.2. The molecule has 0 unspecified atom stereocenters. The fraction of sp³-hybridized carbons (Fsp3) is 0.320. The second-order valence-electron chi connectivity index (χ2n) is 8.70. The van der Waals surface area contributed by atoms with E-state index in [0.29, 0.717) is 6.54 Å². The number of aromatic amines is 1. The van der Waals surface area contributed by atoms with Crippen LogP contribution in [0.2, 0.25) is 0 Å². The maximum Gasteiger partial charge on any atom is 0.320 e. The normalized spacial score (nSPS) is 17.5. The summed E-state index contributed by atoms with van der Waals surface area (Å²) in [6.07, 6.45) is 0.856. The van der Waals surface area contributed by atoms with Gasteiger partial charge in [0.15, 0.2) is 0 Å². The van der Waals surface area contributed by atoms with Crippen molar-refractivity contribution in [2.24, 2.45) is 0 Å². The molecule has 6 nitrogen and oxygen atoms in total. The molecule has 2 amide bonds. The molecule has 0 radical (unpaired) electrons. The van der Waals surface area contributed by atoms with Gasteiger partial charge in [-0.15, -0.1) is 0 Å². The molecule has 0 aliphatic carbocycles. The molecule has 1 saturated heterocycles. The number of urea groups is 1. The molecule has 2 aliphatic heterocycles. The first kappa shape index (κ1) is 18.5. The van der Waals surface area contributed by atoms with Crippen LogP contribution in [0.5, 0.6) is 0 Å². The summed E-state index contributed by atoms with van der Waals surface area (Å²) in [7, 11) is 2.11. The fourth-order valence-electron chi connectivity index (χ4n) is 4.94. The van der Waals surface area contributed by atoms with E-state index < -0.39 is 0 Å². The maximum absolute atomic E-state index is 13.2. The molecule has 2 aromatic carbocycles. The Morgan fingerprint density at radius 3 is 2.58 bits per heavy atom. The van der Waals surface area contributed by atoms with Crippen LogP contribution in [0, 0.1) is 0 Å². The Kier molecular flexibility index (Phi) is 4.28. The van der Waals surface area contributed by atoms with Crippen molar-refractivity contribution in [1.29, 1.82) is 0 Å². The number of piperazine rings is 1. The summed E-state index contributed by atoms with van der Waals surface area (Å²) in [5, 5.41) is 2.30. The minimum Gasteiger partial charge on any atom is -0.456 e. The quantitative estimate of drug-likeness (QED) is 0.505. The summed E-state index contributed by atoms with van der Waals surface area (Å²) in [6, 6.07) is 16.6. The molecule has 2 aromatic heterocycles. The highest BCUT2D eigenvalue weighted by molar-refractivity contribution is 6.08. The number of carbonyl (C=O) groups excluding carboxylic acids is 1. The van der Waals surface area contributed by atoms with E-state index in [9.17, 15) is 4.79 Å². The summed E-state index contributed by atoms with van der Waals surface area (Å²) >= 11 is 0. The van der Waals surface area contributed by atoms with Gasteiger partial charge < -0.3 is 24.1 Å². The number of nitrogens with one attached hydrogen (secondary N) is 1. The molecule has 6 rings (SSSR count). The van der Waals surface area contributed by atoms with E-state index in [0.717, 1.165) is 67.0 Å². The summed E-state index contributed by atoms with van der Waals surface area (Å²) in [5.41, 5.74) is 5.55. The largest absolute Gasteiger partial charge is 0.456 e. The predicted octanol–water partition coefficient (Wildman–Crippen LogP) is 4.31. The van der Waals surface area contributed by atoms with Crippen LogP contribution in [0.15, 0.2) is 52.9 Å². The molecule has 0 saturated carbocycles. The smallest absolute Gasteiger partial charge is 0.320 e. The van der Waals surface area contributed by atoms with Crippen LogP contribution >= 0.6 is 0 Å². The topological polar surface area (TPSA) is 55.7 Å². The number of fused-ring (bicyclic) bond motifs is 5. The number of furan rings is 1. The van der Waals surface area contributed by atoms with Crippen molar-refractivity contribution in [2.75, 3.05) is 39.8 Å². The van der Waals surface area contributed by atoms with Gasteiger partial charge in [-0.05, 0) is 25.2 Å². The Morgan fingerprint density at radius 1 is 0.968 bits per heavy atom. The molecule has 0 spiro atoms. The van der Waals surface area contributed by atoms with Crippen molar-refractivity contribution >= 4 is 27.9 Å². The lowest BCUT2D eigenvalue weighted by Gasteiger charge is -2.37. The van der Waals surface area contributed by atoms with E-state index >= 15 is 0 Å². The Morgan fingerprint density at radius 2 is 1.77 bits per heavy atom. The number of nitrogens with zero attached hydrogens (tertiary/aromatic N) is 3. The van der Waals surface area contributed by atoms with Crippen LogP contribution in [0.4, 0.5) is 4.79 Å². The molecule has 0 atom stereocenters. The molecule has 1 N–H and O–H groups in total. The van der Waals surface area contributed by atoms with Crippen molar-refractivity contribution in [3.63, 3.8) is 0 Å².